The Kier molecular flexibility index (Phi) is 2.37. The first-order chi connectivity index (χ1) is 5.75. The molecule has 2 atom stereocenters. The highest BCUT2D eigenvalue weighted by Gasteiger charge is 2.35. The van der Waals surface area contributed by atoms with Gasteiger partial charge in [0.2, 0.25) is 0 Å². The van der Waals surface area contributed by atoms with E-state index in [0.29, 0.717) is 6.04 Å². The molecule has 1 heterocycles. The summed E-state index contributed by atoms with van der Waals surface area (Å²) >= 11 is 0. The van der Waals surface area contributed by atoms with E-state index in [2.05, 4.69) is 11.8 Å². The number of hydrogen-bond acceptors (Lipinski definition) is 2. The standard InChI is InChI=1S/C10H20N2/c1-8(11)6-12-5-4-10(7-12)9-2-3-9/h8-10H,2-7,11H2,1H3. The molecule has 1 saturated heterocycles. The molecule has 2 rings (SSSR count). The minimum absolute atomic E-state index is 0.350. The van der Waals surface area contributed by atoms with Gasteiger partial charge < -0.3 is 10.6 Å². The summed E-state index contributed by atoms with van der Waals surface area (Å²) in [5, 5.41) is 0. The molecule has 1 aliphatic heterocycles. The lowest BCUT2D eigenvalue weighted by Gasteiger charge is -2.17. The maximum absolute atomic E-state index is 5.77. The average Bonchev–Trinajstić information content (AvgIpc) is 2.73. The zero-order valence-electron chi connectivity index (χ0n) is 8.00. The van der Waals surface area contributed by atoms with Crippen LogP contribution in [0.25, 0.3) is 0 Å². The smallest absolute Gasteiger partial charge is 0.0139 e. The lowest BCUT2D eigenvalue weighted by molar-refractivity contribution is 0.302. The van der Waals surface area contributed by atoms with E-state index in [1.165, 1.54) is 32.4 Å². The van der Waals surface area contributed by atoms with Crippen molar-refractivity contribution >= 4 is 0 Å². The number of nitrogens with two attached hydrogens (primary N) is 1. The molecule has 2 nitrogen and oxygen atoms in total. The van der Waals surface area contributed by atoms with Gasteiger partial charge in [0.25, 0.3) is 0 Å². The minimum Gasteiger partial charge on any atom is -0.327 e. The summed E-state index contributed by atoms with van der Waals surface area (Å²) in [6, 6.07) is 0.350. The maximum Gasteiger partial charge on any atom is 0.0139 e. The molecule has 12 heavy (non-hydrogen) atoms. The molecule has 0 amide bonds. The van der Waals surface area contributed by atoms with Crippen molar-refractivity contribution in [3.8, 4) is 0 Å². The van der Waals surface area contributed by atoms with Crippen molar-refractivity contribution in [1.29, 1.82) is 0 Å². The van der Waals surface area contributed by atoms with Crippen LogP contribution < -0.4 is 5.73 Å². The molecule has 1 saturated carbocycles. The Balaban J connectivity index is 1.73. The Labute approximate surface area is 75.1 Å². The number of rotatable bonds is 3. The van der Waals surface area contributed by atoms with E-state index in [4.69, 9.17) is 5.73 Å². The maximum atomic E-state index is 5.77. The summed E-state index contributed by atoms with van der Waals surface area (Å²) in [7, 11) is 0. The molecule has 0 bridgehead atoms. The van der Waals surface area contributed by atoms with Crippen molar-refractivity contribution in [2.45, 2.75) is 32.2 Å². The Morgan fingerprint density at radius 1 is 1.33 bits per heavy atom. The number of hydrogen-bond donors (Lipinski definition) is 1. The molecule has 2 heteroatoms. The molecule has 2 aliphatic rings. The number of likely N-dealkylation sites (tertiary alicyclic amines) is 1. The van der Waals surface area contributed by atoms with E-state index < -0.39 is 0 Å². The van der Waals surface area contributed by atoms with Gasteiger partial charge in [-0.1, -0.05) is 0 Å². The molecule has 0 spiro atoms. The molecular formula is C10H20N2. The molecule has 2 N–H and O–H groups in total. The third kappa shape index (κ3) is 1.99. The largest absolute Gasteiger partial charge is 0.327 e. The van der Waals surface area contributed by atoms with Gasteiger partial charge in [0.15, 0.2) is 0 Å². The molecular weight excluding hydrogens is 148 g/mol. The molecule has 70 valence electrons. The Morgan fingerprint density at radius 2 is 2.08 bits per heavy atom. The summed E-state index contributed by atoms with van der Waals surface area (Å²) < 4.78 is 0. The second-order valence-electron chi connectivity index (χ2n) is 4.62. The molecule has 0 radical (unpaired) electrons. The second kappa shape index (κ2) is 3.35. The highest BCUT2D eigenvalue weighted by atomic mass is 15.2. The first-order valence-electron chi connectivity index (χ1n) is 5.23. The number of nitrogens with zero attached hydrogens (tertiary/aromatic N) is 1. The van der Waals surface area contributed by atoms with Gasteiger partial charge in [-0.25, -0.2) is 0 Å². The first-order valence-corrected chi connectivity index (χ1v) is 5.23. The quantitative estimate of drug-likeness (QED) is 0.683. The van der Waals surface area contributed by atoms with Gasteiger partial charge in [0.1, 0.15) is 0 Å². The summed E-state index contributed by atoms with van der Waals surface area (Å²) in [5.41, 5.74) is 5.77. The van der Waals surface area contributed by atoms with Crippen molar-refractivity contribution in [2.24, 2.45) is 17.6 Å². The first kappa shape index (κ1) is 8.52. The van der Waals surface area contributed by atoms with Crippen LogP contribution >= 0.6 is 0 Å². The molecule has 0 aromatic rings. The lowest BCUT2D eigenvalue weighted by Crippen LogP contribution is -2.34. The zero-order valence-corrected chi connectivity index (χ0v) is 8.00. The van der Waals surface area contributed by atoms with Gasteiger partial charge >= 0.3 is 0 Å². The summed E-state index contributed by atoms with van der Waals surface area (Å²) in [5.74, 6) is 2.10. The normalized spacial score (nSPS) is 34.0. The third-order valence-corrected chi connectivity index (χ3v) is 3.14. The summed E-state index contributed by atoms with van der Waals surface area (Å²) in [6.45, 7) is 5.82. The molecule has 2 unspecified atom stereocenters. The molecule has 1 aliphatic carbocycles. The van der Waals surface area contributed by atoms with Crippen molar-refractivity contribution in [3.05, 3.63) is 0 Å². The van der Waals surface area contributed by atoms with E-state index in [9.17, 15) is 0 Å². The van der Waals surface area contributed by atoms with Gasteiger partial charge in [-0.15, -0.1) is 0 Å². The van der Waals surface area contributed by atoms with E-state index in [1.807, 2.05) is 0 Å². The van der Waals surface area contributed by atoms with Crippen LogP contribution in [0.4, 0.5) is 0 Å². The van der Waals surface area contributed by atoms with Crippen LogP contribution in [-0.4, -0.2) is 30.6 Å². The summed E-state index contributed by atoms with van der Waals surface area (Å²) in [6.07, 6.45) is 4.42. The van der Waals surface area contributed by atoms with Crippen LogP contribution in [0.2, 0.25) is 0 Å². The van der Waals surface area contributed by atoms with Gasteiger partial charge in [-0.3, -0.25) is 0 Å². The van der Waals surface area contributed by atoms with E-state index >= 15 is 0 Å². The van der Waals surface area contributed by atoms with Crippen LogP contribution in [-0.2, 0) is 0 Å². The predicted octanol–water partition coefficient (Wildman–Crippen LogP) is 1.07. The van der Waals surface area contributed by atoms with Gasteiger partial charge in [-0.2, -0.15) is 0 Å². The minimum atomic E-state index is 0.350. The van der Waals surface area contributed by atoms with Crippen LogP contribution in [0, 0.1) is 11.8 Å². The lowest BCUT2D eigenvalue weighted by atomic mass is 10.0. The highest BCUT2D eigenvalue weighted by molar-refractivity contribution is 4.88. The monoisotopic (exact) mass is 168 g/mol. The van der Waals surface area contributed by atoms with E-state index in [-0.39, 0.29) is 0 Å². The van der Waals surface area contributed by atoms with Crippen LogP contribution in [0.15, 0.2) is 0 Å². The van der Waals surface area contributed by atoms with Crippen LogP contribution in [0.5, 0.6) is 0 Å². The van der Waals surface area contributed by atoms with Crippen molar-refractivity contribution in [3.63, 3.8) is 0 Å². The fraction of sp³-hybridized carbons (Fsp3) is 1.00. The van der Waals surface area contributed by atoms with Crippen LogP contribution in [0.3, 0.4) is 0 Å². The fourth-order valence-corrected chi connectivity index (χ4v) is 2.39. The molecule has 2 fully saturated rings. The topological polar surface area (TPSA) is 29.3 Å². The zero-order chi connectivity index (χ0) is 8.55. The van der Waals surface area contributed by atoms with Gasteiger partial charge in [0, 0.05) is 19.1 Å². The highest BCUT2D eigenvalue weighted by Crippen LogP contribution is 2.41. The third-order valence-electron chi connectivity index (χ3n) is 3.14. The second-order valence-corrected chi connectivity index (χ2v) is 4.62. The van der Waals surface area contributed by atoms with E-state index in [1.54, 1.807) is 0 Å². The van der Waals surface area contributed by atoms with Gasteiger partial charge in [-0.05, 0) is 44.6 Å². The van der Waals surface area contributed by atoms with Crippen molar-refractivity contribution in [2.75, 3.05) is 19.6 Å². The van der Waals surface area contributed by atoms with Crippen LogP contribution in [0.1, 0.15) is 26.2 Å². The Hall–Kier alpha value is -0.0800. The predicted molar refractivity (Wildman–Crippen MR) is 50.9 cm³/mol. The van der Waals surface area contributed by atoms with Gasteiger partial charge in [0.05, 0.1) is 0 Å². The summed E-state index contributed by atoms with van der Waals surface area (Å²) in [4.78, 5) is 2.54. The Morgan fingerprint density at radius 3 is 2.67 bits per heavy atom. The SMILES string of the molecule is CC(N)CN1CCC(C2CC2)C1. The fourth-order valence-electron chi connectivity index (χ4n) is 2.39. The Bertz CT molecular complexity index is 152. The van der Waals surface area contributed by atoms with Crippen molar-refractivity contribution in [1.82, 2.24) is 4.90 Å². The van der Waals surface area contributed by atoms with E-state index in [0.717, 1.165) is 18.4 Å². The van der Waals surface area contributed by atoms with Crippen molar-refractivity contribution < 1.29 is 0 Å². The average molecular weight is 168 g/mol. The molecule has 0 aromatic carbocycles. The molecule has 0 aromatic heterocycles.